The lowest BCUT2D eigenvalue weighted by molar-refractivity contribution is -0.214. The standard InChI is InChI=1S/C10H14F3N3O/c1-17-6-8-5-16(15-14-8)4-7-2-3-9(7)10(11,12)13/h5,7,9H,2-4,6H2,1H3/t7-,9+/m0/s1. The molecule has 7 heteroatoms. The van der Waals surface area contributed by atoms with Gasteiger partial charge in [0.25, 0.3) is 0 Å². The third kappa shape index (κ3) is 2.77. The molecule has 0 bridgehead atoms. The summed E-state index contributed by atoms with van der Waals surface area (Å²) in [5.74, 6) is -1.55. The van der Waals surface area contributed by atoms with Crippen LogP contribution in [-0.2, 0) is 17.9 Å². The van der Waals surface area contributed by atoms with Crippen LogP contribution in [0.15, 0.2) is 6.20 Å². The van der Waals surface area contributed by atoms with Gasteiger partial charge in [0, 0.05) is 13.7 Å². The highest BCUT2D eigenvalue weighted by atomic mass is 19.4. The molecule has 2 atom stereocenters. The van der Waals surface area contributed by atoms with Gasteiger partial charge >= 0.3 is 6.18 Å². The van der Waals surface area contributed by atoms with Gasteiger partial charge in [-0.3, -0.25) is 4.68 Å². The van der Waals surface area contributed by atoms with Gasteiger partial charge < -0.3 is 4.74 Å². The first kappa shape index (κ1) is 12.3. The van der Waals surface area contributed by atoms with E-state index in [-0.39, 0.29) is 18.9 Å². The average Bonchev–Trinajstić information content (AvgIpc) is 2.58. The molecule has 0 amide bonds. The number of ether oxygens (including phenoxy) is 1. The summed E-state index contributed by atoms with van der Waals surface area (Å²) in [5, 5.41) is 7.60. The van der Waals surface area contributed by atoms with Gasteiger partial charge in [0.05, 0.1) is 18.7 Å². The fraction of sp³-hybridized carbons (Fsp3) is 0.800. The molecule has 1 aliphatic carbocycles. The third-order valence-electron chi connectivity index (χ3n) is 3.14. The minimum Gasteiger partial charge on any atom is -0.378 e. The van der Waals surface area contributed by atoms with E-state index in [1.165, 1.54) is 11.8 Å². The maximum Gasteiger partial charge on any atom is 0.392 e. The molecule has 0 N–H and O–H groups in total. The molecule has 0 unspecified atom stereocenters. The first-order valence-corrected chi connectivity index (χ1v) is 5.45. The van der Waals surface area contributed by atoms with Crippen molar-refractivity contribution in [3.05, 3.63) is 11.9 Å². The second-order valence-corrected chi connectivity index (χ2v) is 4.35. The number of methoxy groups -OCH3 is 1. The Labute approximate surface area is 96.8 Å². The highest BCUT2D eigenvalue weighted by molar-refractivity contribution is 4.92. The molecular formula is C10H14F3N3O. The van der Waals surface area contributed by atoms with Crippen molar-refractivity contribution < 1.29 is 17.9 Å². The number of aromatic nitrogens is 3. The number of alkyl halides is 3. The predicted octanol–water partition coefficient (Wildman–Crippen LogP) is 2.01. The molecule has 17 heavy (non-hydrogen) atoms. The summed E-state index contributed by atoms with van der Waals surface area (Å²) in [5.41, 5.74) is 0.635. The van der Waals surface area contributed by atoms with Crippen molar-refractivity contribution in [2.45, 2.75) is 32.2 Å². The molecule has 1 fully saturated rings. The van der Waals surface area contributed by atoms with Crippen LogP contribution in [0.3, 0.4) is 0 Å². The monoisotopic (exact) mass is 249 g/mol. The van der Waals surface area contributed by atoms with E-state index in [4.69, 9.17) is 4.74 Å². The Bertz CT molecular complexity index is 377. The number of hydrogen-bond acceptors (Lipinski definition) is 3. The zero-order chi connectivity index (χ0) is 12.5. The van der Waals surface area contributed by atoms with E-state index in [1.54, 1.807) is 6.20 Å². The Morgan fingerprint density at radius 1 is 1.47 bits per heavy atom. The van der Waals surface area contributed by atoms with Gasteiger partial charge in [-0.25, -0.2) is 0 Å². The second kappa shape index (κ2) is 4.64. The second-order valence-electron chi connectivity index (χ2n) is 4.35. The molecule has 0 aliphatic heterocycles. The molecular weight excluding hydrogens is 235 g/mol. The van der Waals surface area contributed by atoms with Crippen molar-refractivity contribution in [3.8, 4) is 0 Å². The Kier molecular flexibility index (Phi) is 3.37. The molecule has 0 saturated heterocycles. The van der Waals surface area contributed by atoms with E-state index in [2.05, 4.69) is 10.3 Å². The van der Waals surface area contributed by atoms with E-state index in [0.717, 1.165) is 0 Å². The smallest absolute Gasteiger partial charge is 0.378 e. The fourth-order valence-corrected chi connectivity index (χ4v) is 2.10. The SMILES string of the molecule is COCc1cn(C[C@@H]2CC[C@H]2C(F)(F)F)nn1. The van der Waals surface area contributed by atoms with Crippen LogP contribution in [0.4, 0.5) is 13.2 Å². The van der Waals surface area contributed by atoms with Crippen molar-refractivity contribution in [3.63, 3.8) is 0 Å². The number of halogens is 3. The van der Waals surface area contributed by atoms with Gasteiger partial charge in [-0.1, -0.05) is 5.21 Å². The molecule has 96 valence electrons. The topological polar surface area (TPSA) is 39.9 Å². The van der Waals surface area contributed by atoms with Crippen molar-refractivity contribution in [1.29, 1.82) is 0 Å². The van der Waals surface area contributed by atoms with Gasteiger partial charge in [-0.15, -0.1) is 5.10 Å². The Morgan fingerprint density at radius 2 is 2.24 bits per heavy atom. The summed E-state index contributed by atoms with van der Waals surface area (Å²) in [6, 6.07) is 0. The lowest BCUT2D eigenvalue weighted by Crippen LogP contribution is -2.40. The van der Waals surface area contributed by atoms with E-state index in [9.17, 15) is 13.2 Å². The van der Waals surface area contributed by atoms with Crippen LogP contribution in [0.5, 0.6) is 0 Å². The summed E-state index contributed by atoms with van der Waals surface area (Å²) in [7, 11) is 1.53. The number of rotatable bonds is 4. The number of nitrogens with zero attached hydrogens (tertiary/aromatic N) is 3. The predicted molar refractivity (Wildman–Crippen MR) is 53.0 cm³/mol. The Balaban J connectivity index is 1.92. The molecule has 1 aliphatic rings. The highest BCUT2D eigenvalue weighted by Crippen LogP contribution is 2.46. The van der Waals surface area contributed by atoms with Crippen LogP contribution >= 0.6 is 0 Å². The summed E-state index contributed by atoms with van der Waals surface area (Å²) in [6.07, 6.45) is -1.62. The maximum absolute atomic E-state index is 12.5. The fourth-order valence-electron chi connectivity index (χ4n) is 2.10. The molecule has 0 spiro atoms. The lowest BCUT2D eigenvalue weighted by Gasteiger charge is -2.37. The Hall–Kier alpha value is -1.11. The van der Waals surface area contributed by atoms with Crippen LogP contribution in [0.1, 0.15) is 18.5 Å². The average molecular weight is 249 g/mol. The molecule has 1 aromatic heterocycles. The van der Waals surface area contributed by atoms with Crippen LogP contribution in [0.2, 0.25) is 0 Å². The van der Waals surface area contributed by atoms with E-state index < -0.39 is 12.1 Å². The zero-order valence-electron chi connectivity index (χ0n) is 9.44. The summed E-state index contributed by atoms with van der Waals surface area (Å²) in [4.78, 5) is 0. The van der Waals surface area contributed by atoms with Gasteiger partial charge in [0.15, 0.2) is 0 Å². The molecule has 1 saturated carbocycles. The minimum absolute atomic E-state index is 0.230. The van der Waals surface area contributed by atoms with Gasteiger partial charge in [-0.2, -0.15) is 13.2 Å². The molecule has 0 aromatic carbocycles. The molecule has 4 nitrogen and oxygen atoms in total. The molecule has 0 radical (unpaired) electrons. The van der Waals surface area contributed by atoms with E-state index in [0.29, 0.717) is 18.7 Å². The normalized spacial score (nSPS) is 24.7. The maximum atomic E-state index is 12.5. The third-order valence-corrected chi connectivity index (χ3v) is 3.14. The van der Waals surface area contributed by atoms with E-state index >= 15 is 0 Å². The first-order chi connectivity index (χ1) is 8.00. The van der Waals surface area contributed by atoms with Crippen molar-refractivity contribution >= 4 is 0 Å². The van der Waals surface area contributed by atoms with Crippen LogP contribution in [-0.4, -0.2) is 28.3 Å². The molecule has 1 aromatic rings. The van der Waals surface area contributed by atoms with Crippen LogP contribution in [0.25, 0.3) is 0 Å². The largest absolute Gasteiger partial charge is 0.392 e. The van der Waals surface area contributed by atoms with Crippen molar-refractivity contribution in [2.24, 2.45) is 11.8 Å². The summed E-state index contributed by atoms with van der Waals surface area (Å²) >= 11 is 0. The molecule has 2 rings (SSSR count). The van der Waals surface area contributed by atoms with Crippen LogP contribution in [0, 0.1) is 11.8 Å². The first-order valence-electron chi connectivity index (χ1n) is 5.45. The Morgan fingerprint density at radius 3 is 2.76 bits per heavy atom. The van der Waals surface area contributed by atoms with E-state index in [1.807, 2.05) is 0 Å². The van der Waals surface area contributed by atoms with Gasteiger partial charge in [0.2, 0.25) is 0 Å². The highest BCUT2D eigenvalue weighted by Gasteiger charge is 2.49. The van der Waals surface area contributed by atoms with Gasteiger partial charge in [-0.05, 0) is 18.8 Å². The zero-order valence-corrected chi connectivity index (χ0v) is 9.44. The summed E-state index contributed by atoms with van der Waals surface area (Å²) in [6.45, 7) is 0.605. The van der Waals surface area contributed by atoms with Crippen molar-refractivity contribution in [1.82, 2.24) is 15.0 Å². The summed E-state index contributed by atoms with van der Waals surface area (Å²) < 4.78 is 43.9. The lowest BCUT2D eigenvalue weighted by atomic mass is 9.73. The van der Waals surface area contributed by atoms with Gasteiger partial charge in [0.1, 0.15) is 5.69 Å². The molecule has 1 heterocycles. The van der Waals surface area contributed by atoms with Crippen molar-refractivity contribution in [2.75, 3.05) is 7.11 Å². The number of hydrogen-bond donors (Lipinski definition) is 0. The van der Waals surface area contributed by atoms with Crippen LogP contribution < -0.4 is 0 Å². The quantitative estimate of drug-likeness (QED) is 0.819. The minimum atomic E-state index is -4.08.